The van der Waals surface area contributed by atoms with Crippen molar-refractivity contribution in [1.29, 1.82) is 0 Å². The van der Waals surface area contributed by atoms with Crippen LogP contribution in [0, 0.1) is 5.92 Å². The molecule has 3 rings (SSSR count). The number of aromatic nitrogens is 4. The molecule has 2 heterocycles. The molecule has 0 saturated heterocycles. The molecule has 0 fully saturated rings. The number of nitrogen functional groups attached to an aromatic ring is 1. The molecule has 2 aromatic heterocycles. The molecule has 0 radical (unpaired) electrons. The second-order valence-corrected chi connectivity index (χ2v) is 10.2. The van der Waals surface area contributed by atoms with Gasteiger partial charge in [0, 0.05) is 11.3 Å². The summed E-state index contributed by atoms with van der Waals surface area (Å²) < 4.78 is 0. The SMILES string of the molecule is CC(C)=CCC/C(C)=C/CC(CC(NC(=O)c1ccc(NCc2cnc3nc(N)[nH]c(=O)c3n2)cc1)C(=O)O)C(=O)O. The summed E-state index contributed by atoms with van der Waals surface area (Å²) in [6, 6.07) is 4.88. The number of aliphatic carboxylic acids is 2. The number of carboxylic acid groups (broad SMARTS) is 2. The van der Waals surface area contributed by atoms with Crippen molar-refractivity contribution in [2.75, 3.05) is 11.1 Å². The van der Waals surface area contributed by atoms with E-state index in [-0.39, 0.29) is 42.1 Å². The minimum atomic E-state index is -1.38. The molecule has 0 saturated carbocycles. The number of benzene rings is 1. The number of nitrogens with zero attached hydrogens (tertiary/aromatic N) is 3. The van der Waals surface area contributed by atoms with Gasteiger partial charge in [0.2, 0.25) is 5.95 Å². The highest BCUT2D eigenvalue weighted by Gasteiger charge is 2.28. The minimum Gasteiger partial charge on any atom is -0.481 e. The molecular weight excluding hydrogens is 542 g/mol. The summed E-state index contributed by atoms with van der Waals surface area (Å²) in [4.78, 5) is 63.2. The van der Waals surface area contributed by atoms with E-state index in [1.807, 2.05) is 26.8 Å². The van der Waals surface area contributed by atoms with Crippen molar-refractivity contribution in [3.8, 4) is 0 Å². The lowest BCUT2D eigenvalue weighted by atomic mass is 9.94. The van der Waals surface area contributed by atoms with Crippen molar-refractivity contribution in [1.82, 2.24) is 25.3 Å². The molecule has 1 amide bonds. The van der Waals surface area contributed by atoms with Crippen LogP contribution >= 0.6 is 0 Å². The van der Waals surface area contributed by atoms with Gasteiger partial charge in [0.25, 0.3) is 11.5 Å². The smallest absolute Gasteiger partial charge is 0.326 e. The van der Waals surface area contributed by atoms with E-state index in [2.05, 4.69) is 36.6 Å². The molecule has 1 aromatic carbocycles. The zero-order chi connectivity index (χ0) is 30.8. The molecule has 0 aliphatic carbocycles. The Labute approximate surface area is 242 Å². The molecule has 42 heavy (non-hydrogen) atoms. The Kier molecular flexibility index (Phi) is 10.9. The van der Waals surface area contributed by atoms with Crippen LogP contribution in [0.4, 0.5) is 11.6 Å². The molecule has 13 nitrogen and oxygen atoms in total. The maximum atomic E-state index is 12.8. The number of aromatic amines is 1. The first-order chi connectivity index (χ1) is 19.9. The van der Waals surface area contributed by atoms with Crippen molar-refractivity contribution in [3.63, 3.8) is 0 Å². The third-order valence-electron chi connectivity index (χ3n) is 6.42. The second kappa shape index (κ2) is 14.5. The van der Waals surface area contributed by atoms with Gasteiger partial charge in [-0.05, 0) is 70.7 Å². The Hall–Kier alpha value is -5.07. The zero-order valence-electron chi connectivity index (χ0n) is 23.7. The lowest BCUT2D eigenvalue weighted by Crippen LogP contribution is -2.43. The van der Waals surface area contributed by atoms with Crippen LogP contribution in [0.1, 0.15) is 62.5 Å². The fourth-order valence-corrected chi connectivity index (χ4v) is 4.07. The van der Waals surface area contributed by atoms with Crippen LogP contribution in [-0.2, 0) is 16.1 Å². The van der Waals surface area contributed by atoms with E-state index in [1.165, 1.54) is 23.9 Å². The van der Waals surface area contributed by atoms with Crippen LogP contribution in [0.5, 0.6) is 0 Å². The number of allylic oxidation sites excluding steroid dienone is 4. The van der Waals surface area contributed by atoms with E-state index in [4.69, 9.17) is 5.73 Å². The van der Waals surface area contributed by atoms with Crippen LogP contribution in [0.3, 0.4) is 0 Å². The number of carbonyl (C=O) groups excluding carboxylic acids is 1. The topological polar surface area (TPSA) is 213 Å². The maximum Gasteiger partial charge on any atom is 0.326 e. The maximum absolute atomic E-state index is 12.8. The minimum absolute atomic E-state index is 0.0540. The first kappa shape index (κ1) is 31.5. The van der Waals surface area contributed by atoms with Gasteiger partial charge < -0.3 is 26.6 Å². The van der Waals surface area contributed by atoms with Gasteiger partial charge in [-0.15, -0.1) is 0 Å². The van der Waals surface area contributed by atoms with Crippen LogP contribution in [0.2, 0.25) is 0 Å². The summed E-state index contributed by atoms with van der Waals surface area (Å²) in [6.07, 6.45) is 6.91. The number of hydrogen-bond acceptors (Lipinski definition) is 9. The van der Waals surface area contributed by atoms with E-state index >= 15 is 0 Å². The summed E-state index contributed by atoms with van der Waals surface area (Å²) in [7, 11) is 0. The van der Waals surface area contributed by atoms with Gasteiger partial charge in [-0.2, -0.15) is 4.98 Å². The quantitative estimate of drug-likeness (QED) is 0.153. The number of H-pyrrole nitrogens is 1. The lowest BCUT2D eigenvalue weighted by molar-refractivity contribution is -0.144. The van der Waals surface area contributed by atoms with E-state index < -0.39 is 35.4 Å². The van der Waals surface area contributed by atoms with Gasteiger partial charge >= 0.3 is 11.9 Å². The molecule has 2 atom stereocenters. The second-order valence-electron chi connectivity index (χ2n) is 10.2. The highest BCUT2D eigenvalue weighted by Crippen LogP contribution is 2.18. The van der Waals surface area contributed by atoms with Crippen molar-refractivity contribution in [3.05, 3.63) is 75.4 Å². The Morgan fingerprint density at radius 1 is 1.05 bits per heavy atom. The number of fused-ring (bicyclic) bond motifs is 1. The molecular formula is C29H35N7O6. The molecule has 2 unspecified atom stereocenters. The van der Waals surface area contributed by atoms with Crippen molar-refractivity contribution in [2.24, 2.45) is 5.92 Å². The van der Waals surface area contributed by atoms with Crippen LogP contribution in [0.15, 0.2) is 58.6 Å². The Morgan fingerprint density at radius 3 is 2.40 bits per heavy atom. The van der Waals surface area contributed by atoms with Gasteiger partial charge in [-0.1, -0.05) is 23.3 Å². The van der Waals surface area contributed by atoms with Gasteiger partial charge in [-0.3, -0.25) is 19.4 Å². The summed E-state index contributed by atoms with van der Waals surface area (Å²) >= 11 is 0. The van der Waals surface area contributed by atoms with Crippen LogP contribution < -0.4 is 21.9 Å². The Bertz CT molecular complexity index is 1560. The molecule has 0 bridgehead atoms. The van der Waals surface area contributed by atoms with Gasteiger partial charge in [-0.25, -0.2) is 14.8 Å². The highest BCUT2D eigenvalue weighted by molar-refractivity contribution is 5.97. The van der Waals surface area contributed by atoms with Crippen molar-refractivity contribution in [2.45, 2.75) is 59.0 Å². The summed E-state index contributed by atoms with van der Waals surface area (Å²) in [5.74, 6) is -4.11. The molecule has 13 heteroatoms. The predicted molar refractivity (Wildman–Crippen MR) is 158 cm³/mol. The van der Waals surface area contributed by atoms with E-state index in [0.717, 1.165) is 18.4 Å². The molecule has 0 aliphatic heterocycles. The summed E-state index contributed by atoms with van der Waals surface area (Å²) in [5.41, 5.74) is 8.73. The third kappa shape index (κ3) is 9.25. The number of hydrogen-bond donors (Lipinski definition) is 6. The van der Waals surface area contributed by atoms with Gasteiger partial charge in [0.15, 0.2) is 11.2 Å². The Balaban J connectivity index is 1.59. The van der Waals surface area contributed by atoms with Gasteiger partial charge in [0.05, 0.1) is 24.4 Å². The van der Waals surface area contributed by atoms with Crippen molar-refractivity contribution < 1.29 is 24.6 Å². The highest BCUT2D eigenvalue weighted by atomic mass is 16.4. The summed E-state index contributed by atoms with van der Waals surface area (Å²) in [5, 5.41) is 24.9. The molecule has 7 N–H and O–H groups in total. The van der Waals surface area contributed by atoms with E-state index in [0.29, 0.717) is 11.4 Å². The number of anilines is 2. The zero-order valence-corrected chi connectivity index (χ0v) is 23.7. The van der Waals surface area contributed by atoms with Crippen molar-refractivity contribution >= 4 is 40.6 Å². The predicted octanol–water partition coefficient (Wildman–Crippen LogP) is 3.26. The largest absolute Gasteiger partial charge is 0.481 e. The molecule has 0 spiro atoms. The average Bonchev–Trinajstić information content (AvgIpc) is 2.93. The number of rotatable bonds is 14. The Morgan fingerprint density at radius 2 is 1.76 bits per heavy atom. The first-order valence-electron chi connectivity index (χ1n) is 13.3. The molecule has 3 aromatic rings. The number of amides is 1. The summed E-state index contributed by atoms with van der Waals surface area (Å²) in [6.45, 7) is 6.15. The molecule has 222 valence electrons. The number of carboxylic acids is 2. The van der Waals surface area contributed by atoms with E-state index in [9.17, 15) is 29.4 Å². The van der Waals surface area contributed by atoms with Crippen LogP contribution in [-0.4, -0.2) is 54.0 Å². The fourth-order valence-electron chi connectivity index (χ4n) is 4.07. The first-order valence-corrected chi connectivity index (χ1v) is 13.3. The van der Waals surface area contributed by atoms with Gasteiger partial charge in [0.1, 0.15) is 6.04 Å². The molecule has 0 aliphatic rings. The average molecular weight is 578 g/mol. The monoisotopic (exact) mass is 577 g/mol. The van der Waals surface area contributed by atoms with E-state index in [1.54, 1.807) is 12.1 Å². The fraction of sp³-hybridized carbons (Fsp3) is 0.345. The third-order valence-corrected chi connectivity index (χ3v) is 6.42. The number of carbonyl (C=O) groups is 3. The lowest BCUT2D eigenvalue weighted by Gasteiger charge is -2.19. The normalized spacial score (nSPS) is 12.8. The van der Waals surface area contributed by atoms with Crippen LogP contribution in [0.25, 0.3) is 11.2 Å². The standard InChI is InChI=1S/C29H35N7O6/c1-16(2)5-4-6-17(3)7-8-19(27(39)40)13-22(28(41)42)34-25(37)18-9-11-20(12-10-18)31-14-21-15-32-24-23(33-21)26(38)36-29(30)35-24/h5,7,9-12,15,19,22,31H,4,6,8,13-14H2,1-3H3,(H,34,37)(H,39,40)(H,41,42)(H3,30,32,35,36,38)/b17-7+. The number of nitrogens with one attached hydrogen (secondary N) is 3. The number of nitrogens with two attached hydrogens (primary N) is 1.